The minimum absolute atomic E-state index is 0.0413. The van der Waals surface area contributed by atoms with Crippen LogP contribution in [0.1, 0.15) is 23.2 Å². The Bertz CT molecular complexity index is 612. The molecule has 0 saturated carbocycles. The van der Waals surface area contributed by atoms with Crippen molar-refractivity contribution in [2.24, 2.45) is 0 Å². The van der Waals surface area contributed by atoms with Gasteiger partial charge < -0.3 is 5.11 Å². The Morgan fingerprint density at radius 2 is 2.25 bits per heavy atom. The quantitative estimate of drug-likeness (QED) is 0.819. The molecule has 1 atom stereocenters. The fraction of sp³-hybridized carbons (Fsp3) is 0.417. The van der Waals surface area contributed by atoms with Gasteiger partial charge >= 0.3 is 5.97 Å². The molecular weight excluding hydrogens is 366 g/mol. The Morgan fingerprint density at radius 3 is 2.85 bits per heavy atom. The van der Waals surface area contributed by atoms with Crippen molar-refractivity contribution in [1.82, 2.24) is 4.72 Å². The van der Waals surface area contributed by atoms with E-state index in [1.165, 1.54) is 12.1 Å². The van der Waals surface area contributed by atoms with Gasteiger partial charge in [0.15, 0.2) is 0 Å². The fourth-order valence-corrected chi connectivity index (χ4v) is 5.30. The largest absolute Gasteiger partial charge is 0.478 e. The van der Waals surface area contributed by atoms with Gasteiger partial charge in [-0.25, -0.2) is 17.9 Å². The average molecular weight is 380 g/mol. The Morgan fingerprint density at radius 1 is 1.50 bits per heavy atom. The first-order chi connectivity index (χ1) is 9.40. The number of sulfonamides is 1. The molecule has 2 rings (SSSR count). The van der Waals surface area contributed by atoms with Crippen LogP contribution in [0, 0.1) is 0 Å². The van der Waals surface area contributed by atoms with E-state index < -0.39 is 16.0 Å². The van der Waals surface area contributed by atoms with E-state index in [0.717, 1.165) is 24.7 Å². The Balaban J connectivity index is 2.19. The number of carboxylic acid groups (broad SMARTS) is 1. The van der Waals surface area contributed by atoms with E-state index in [-0.39, 0.29) is 10.5 Å². The van der Waals surface area contributed by atoms with E-state index in [1.54, 1.807) is 11.8 Å². The van der Waals surface area contributed by atoms with Crippen LogP contribution >= 0.6 is 27.7 Å². The number of aromatic carboxylic acids is 1. The van der Waals surface area contributed by atoms with Gasteiger partial charge in [0.2, 0.25) is 10.0 Å². The Hall–Kier alpha value is -0.570. The number of hydrogen-bond donors (Lipinski definition) is 2. The van der Waals surface area contributed by atoms with Crippen molar-refractivity contribution in [2.75, 3.05) is 12.3 Å². The predicted molar refractivity (Wildman–Crippen MR) is 81.8 cm³/mol. The molecule has 0 aromatic heterocycles. The van der Waals surface area contributed by atoms with Crippen molar-refractivity contribution in [3.63, 3.8) is 0 Å². The second kappa shape index (κ2) is 6.46. The zero-order chi connectivity index (χ0) is 14.8. The van der Waals surface area contributed by atoms with Crippen molar-refractivity contribution in [2.45, 2.75) is 23.0 Å². The summed E-state index contributed by atoms with van der Waals surface area (Å²) in [4.78, 5) is 10.9. The number of halogens is 1. The molecule has 2 N–H and O–H groups in total. The third kappa shape index (κ3) is 3.75. The van der Waals surface area contributed by atoms with Crippen LogP contribution in [0.5, 0.6) is 0 Å². The van der Waals surface area contributed by atoms with Crippen molar-refractivity contribution >= 4 is 43.7 Å². The van der Waals surface area contributed by atoms with Crippen molar-refractivity contribution < 1.29 is 18.3 Å². The summed E-state index contributed by atoms with van der Waals surface area (Å²) in [5, 5.41) is 9.23. The van der Waals surface area contributed by atoms with E-state index in [9.17, 15) is 13.2 Å². The second-order valence-electron chi connectivity index (χ2n) is 4.44. The van der Waals surface area contributed by atoms with Crippen LogP contribution < -0.4 is 4.72 Å². The predicted octanol–water partition coefficient (Wildman–Crippen LogP) is 2.32. The van der Waals surface area contributed by atoms with Crippen LogP contribution in [0.3, 0.4) is 0 Å². The van der Waals surface area contributed by atoms with Crippen LogP contribution in [-0.4, -0.2) is 37.0 Å². The minimum Gasteiger partial charge on any atom is -0.478 e. The molecule has 1 heterocycles. The molecule has 8 heteroatoms. The number of thioether (sulfide) groups is 1. The van der Waals surface area contributed by atoms with E-state index in [2.05, 4.69) is 20.7 Å². The summed E-state index contributed by atoms with van der Waals surface area (Å²) in [7, 11) is -3.71. The lowest BCUT2D eigenvalue weighted by atomic mass is 10.2. The molecule has 0 amide bonds. The van der Waals surface area contributed by atoms with Gasteiger partial charge in [0.1, 0.15) is 0 Å². The Kier molecular flexibility index (Phi) is 5.11. The molecule has 20 heavy (non-hydrogen) atoms. The van der Waals surface area contributed by atoms with Crippen LogP contribution in [-0.2, 0) is 10.0 Å². The highest BCUT2D eigenvalue weighted by atomic mass is 79.9. The van der Waals surface area contributed by atoms with Gasteiger partial charge in [-0.3, -0.25) is 0 Å². The number of nitrogens with one attached hydrogen (secondary N) is 1. The molecule has 1 aliphatic rings. The lowest BCUT2D eigenvalue weighted by Crippen LogP contribution is -2.30. The molecule has 0 radical (unpaired) electrons. The molecule has 1 aromatic rings. The smallest absolute Gasteiger partial charge is 0.335 e. The van der Waals surface area contributed by atoms with Crippen LogP contribution in [0.4, 0.5) is 0 Å². The molecule has 0 bridgehead atoms. The van der Waals surface area contributed by atoms with Crippen molar-refractivity contribution in [3.05, 3.63) is 28.2 Å². The van der Waals surface area contributed by atoms with Crippen molar-refractivity contribution in [1.29, 1.82) is 0 Å². The highest BCUT2D eigenvalue weighted by molar-refractivity contribution is 9.10. The van der Waals surface area contributed by atoms with Gasteiger partial charge in [-0.15, -0.1) is 0 Å². The molecule has 1 aromatic carbocycles. The fourth-order valence-electron chi connectivity index (χ4n) is 1.93. The average Bonchev–Trinajstić information content (AvgIpc) is 2.89. The third-order valence-electron chi connectivity index (χ3n) is 2.99. The van der Waals surface area contributed by atoms with E-state index >= 15 is 0 Å². The van der Waals surface area contributed by atoms with Gasteiger partial charge in [-0.1, -0.05) is 0 Å². The summed E-state index contributed by atoms with van der Waals surface area (Å²) >= 11 is 4.91. The minimum atomic E-state index is -3.71. The molecule has 110 valence electrons. The molecule has 1 unspecified atom stereocenters. The molecule has 0 aliphatic carbocycles. The van der Waals surface area contributed by atoms with Gasteiger partial charge in [0.05, 0.1) is 10.5 Å². The number of benzene rings is 1. The van der Waals surface area contributed by atoms with E-state index in [0.29, 0.717) is 16.3 Å². The van der Waals surface area contributed by atoms with Gasteiger partial charge in [0.25, 0.3) is 0 Å². The number of hydrogen-bond acceptors (Lipinski definition) is 4. The number of rotatable bonds is 5. The molecule has 1 fully saturated rings. The summed E-state index contributed by atoms with van der Waals surface area (Å²) < 4.78 is 27.4. The summed E-state index contributed by atoms with van der Waals surface area (Å²) in [5.74, 6) is -0.0924. The maximum atomic E-state index is 12.2. The topological polar surface area (TPSA) is 83.5 Å². The van der Waals surface area contributed by atoms with Crippen LogP contribution in [0.25, 0.3) is 0 Å². The summed E-state index contributed by atoms with van der Waals surface area (Å²) in [5.41, 5.74) is -0.0520. The first-order valence-corrected chi connectivity index (χ1v) is 9.37. The molecule has 1 saturated heterocycles. The lowest BCUT2D eigenvalue weighted by Gasteiger charge is -2.12. The normalized spacial score (nSPS) is 19.1. The van der Waals surface area contributed by atoms with Gasteiger partial charge in [-0.2, -0.15) is 11.8 Å². The summed E-state index contributed by atoms with van der Waals surface area (Å²) in [6, 6.07) is 3.96. The maximum Gasteiger partial charge on any atom is 0.335 e. The zero-order valence-corrected chi connectivity index (χ0v) is 13.7. The van der Waals surface area contributed by atoms with Gasteiger partial charge in [-0.05, 0) is 52.7 Å². The zero-order valence-electron chi connectivity index (χ0n) is 10.5. The molecular formula is C12H14BrNO4S2. The lowest BCUT2D eigenvalue weighted by molar-refractivity contribution is 0.0696. The summed E-state index contributed by atoms with van der Waals surface area (Å²) in [6.07, 6.45) is 2.11. The Labute approximate surface area is 130 Å². The third-order valence-corrected chi connectivity index (χ3v) is 6.81. The monoisotopic (exact) mass is 379 g/mol. The standard InChI is InChI=1S/C12H14BrNO4S2/c13-10-4-3-8(12(15)16)6-11(10)20(17,18)14-7-9-2-1-5-19-9/h3-4,6,9,14H,1-2,5,7H2,(H,15,16). The number of carbonyl (C=O) groups is 1. The SMILES string of the molecule is O=C(O)c1ccc(Br)c(S(=O)(=O)NCC2CCCS2)c1. The van der Waals surface area contributed by atoms with Gasteiger partial charge in [0, 0.05) is 16.3 Å². The second-order valence-corrected chi connectivity index (χ2v) is 8.44. The maximum absolute atomic E-state index is 12.2. The first kappa shape index (κ1) is 15.8. The number of carboxylic acids is 1. The highest BCUT2D eigenvalue weighted by Gasteiger charge is 2.22. The van der Waals surface area contributed by atoms with E-state index in [4.69, 9.17) is 5.11 Å². The molecule has 0 spiro atoms. The van der Waals surface area contributed by atoms with Crippen molar-refractivity contribution in [3.8, 4) is 0 Å². The highest BCUT2D eigenvalue weighted by Crippen LogP contribution is 2.27. The van der Waals surface area contributed by atoms with Crippen LogP contribution in [0.2, 0.25) is 0 Å². The molecule has 1 aliphatic heterocycles. The first-order valence-electron chi connectivity index (χ1n) is 6.04. The molecule has 5 nitrogen and oxygen atoms in total. The summed E-state index contributed by atoms with van der Waals surface area (Å²) in [6.45, 7) is 0.372. The van der Waals surface area contributed by atoms with Crippen LogP contribution in [0.15, 0.2) is 27.6 Å². The van der Waals surface area contributed by atoms with E-state index in [1.807, 2.05) is 0 Å².